The number of rotatable bonds is 8. The minimum atomic E-state index is -1.14. The van der Waals surface area contributed by atoms with Gasteiger partial charge in [-0.2, -0.15) is 0 Å². The molecule has 1 heterocycles. The van der Waals surface area contributed by atoms with E-state index in [0.717, 1.165) is 23.5 Å². The van der Waals surface area contributed by atoms with Crippen LogP contribution in [0.25, 0.3) is 0 Å². The van der Waals surface area contributed by atoms with E-state index in [0.29, 0.717) is 12.3 Å². The number of likely N-dealkylation sites (tertiary alicyclic amines) is 1. The maximum atomic E-state index is 11.9. The molecule has 1 rings (SSSR count). The molecule has 0 radical (unpaired) electrons. The van der Waals surface area contributed by atoms with Crippen LogP contribution in [0.3, 0.4) is 0 Å². The molecule has 21 heavy (non-hydrogen) atoms. The predicted molar refractivity (Wildman–Crippen MR) is 79.3 cm³/mol. The number of hydrogen-bond acceptors (Lipinski definition) is 6. The predicted octanol–water partition coefficient (Wildman–Crippen LogP) is 0.386. The Morgan fingerprint density at radius 3 is 2.57 bits per heavy atom. The molecule has 0 aromatic carbocycles. The topological polar surface area (TPSA) is 112 Å². The molecule has 1 unspecified atom stereocenters. The Bertz CT molecular complexity index is 441. The van der Waals surface area contributed by atoms with E-state index in [1.54, 1.807) is 0 Å². The molecule has 0 spiro atoms. The van der Waals surface area contributed by atoms with E-state index in [9.17, 15) is 24.3 Å². The largest absolute Gasteiger partial charge is 0.481 e. The van der Waals surface area contributed by atoms with E-state index in [4.69, 9.17) is 5.11 Å². The highest BCUT2D eigenvalue weighted by Gasteiger charge is 2.37. The van der Waals surface area contributed by atoms with Gasteiger partial charge < -0.3 is 15.1 Å². The van der Waals surface area contributed by atoms with Gasteiger partial charge in [0.25, 0.3) is 0 Å². The van der Waals surface area contributed by atoms with Gasteiger partial charge in [0.15, 0.2) is 5.12 Å². The minimum absolute atomic E-state index is 0.0345. The summed E-state index contributed by atoms with van der Waals surface area (Å²) < 4.78 is 0. The van der Waals surface area contributed by atoms with Crippen molar-refractivity contribution in [2.75, 3.05) is 23.8 Å². The number of nitrogens with zero attached hydrogens (tertiary/aromatic N) is 1. The van der Waals surface area contributed by atoms with Crippen molar-refractivity contribution in [3.63, 3.8) is 0 Å². The zero-order valence-electron chi connectivity index (χ0n) is 11.5. The molecule has 0 bridgehead atoms. The van der Waals surface area contributed by atoms with Crippen LogP contribution in [-0.4, -0.2) is 67.9 Å². The summed E-state index contributed by atoms with van der Waals surface area (Å²) >= 11 is 2.10. The maximum absolute atomic E-state index is 11.9. The summed E-state index contributed by atoms with van der Waals surface area (Å²) in [6.07, 6.45) is 0.230. The number of carboxylic acid groups (broad SMARTS) is 2. The van der Waals surface area contributed by atoms with Crippen LogP contribution in [0.2, 0.25) is 0 Å². The van der Waals surface area contributed by atoms with Crippen LogP contribution in [0.1, 0.15) is 13.3 Å². The Labute approximate surface area is 130 Å². The average Bonchev–Trinajstić information content (AvgIpc) is 2.72. The summed E-state index contributed by atoms with van der Waals surface area (Å²) in [5, 5.41) is 17.7. The van der Waals surface area contributed by atoms with Gasteiger partial charge in [0.05, 0.1) is 5.75 Å². The minimum Gasteiger partial charge on any atom is -0.481 e. The molecule has 0 saturated carbocycles. The van der Waals surface area contributed by atoms with Crippen molar-refractivity contribution >= 4 is 46.5 Å². The van der Waals surface area contributed by atoms with Crippen LogP contribution in [0.15, 0.2) is 0 Å². The molecule has 0 aromatic heterocycles. The molecule has 2 N–H and O–H groups in total. The van der Waals surface area contributed by atoms with Crippen LogP contribution in [-0.2, 0) is 19.2 Å². The van der Waals surface area contributed by atoms with Gasteiger partial charge in [0, 0.05) is 31.4 Å². The van der Waals surface area contributed by atoms with E-state index in [2.05, 4.69) is 0 Å². The molecule has 0 aliphatic carbocycles. The van der Waals surface area contributed by atoms with Gasteiger partial charge in [0.2, 0.25) is 5.91 Å². The Kier molecular flexibility index (Phi) is 7.03. The molecule has 0 aromatic rings. The van der Waals surface area contributed by atoms with E-state index in [1.165, 1.54) is 11.8 Å². The quantitative estimate of drug-likeness (QED) is 0.655. The maximum Gasteiger partial charge on any atom is 0.327 e. The van der Waals surface area contributed by atoms with Crippen molar-refractivity contribution in [1.82, 2.24) is 4.90 Å². The molecule has 1 amide bonds. The third-order valence-electron chi connectivity index (χ3n) is 2.92. The molecular formula is C12H17NO6S2. The second-order valence-corrected chi connectivity index (χ2v) is 6.91. The van der Waals surface area contributed by atoms with Crippen molar-refractivity contribution in [2.24, 2.45) is 5.92 Å². The molecule has 1 aliphatic rings. The highest BCUT2D eigenvalue weighted by molar-refractivity contribution is 8.13. The number of amides is 1. The molecule has 1 saturated heterocycles. The lowest BCUT2D eigenvalue weighted by molar-refractivity contribution is -0.147. The summed E-state index contributed by atoms with van der Waals surface area (Å²) in [5.74, 6) is -2.12. The zero-order valence-corrected chi connectivity index (χ0v) is 13.1. The lowest BCUT2D eigenvalue weighted by atomic mass is 10.1. The molecule has 2 atom stereocenters. The number of thioether (sulfide) groups is 2. The van der Waals surface area contributed by atoms with Crippen LogP contribution in [0, 0.1) is 5.92 Å². The van der Waals surface area contributed by atoms with Crippen molar-refractivity contribution in [2.45, 2.75) is 19.4 Å². The summed E-state index contributed by atoms with van der Waals surface area (Å²) in [6.45, 7) is 1.74. The van der Waals surface area contributed by atoms with Crippen LogP contribution in [0.4, 0.5) is 0 Å². The highest BCUT2D eigenvalue weighted by atomic mass is 32.2. The van der Waals surface area contributed by atoms with E-state index >= 15 is 0 Å². The van der Waals surface area contributed by atoms with Gasteiger partial charge in [-0.1, -0.05) is 11.8 Å². The van der Waals surface area contributed by atoms with Gasteiger partial charge in [-0.15, -0.1) is 11.8 Å². The number of hydrogen-bond donors (Lipinski definition) is 2. The van der Waals surface area contributed by atoms with Crippen molar-refractivity contribution < 1.29 is 29.4 Å². The molecular weight excluding hydrogens is 318 g/mol. The first-order chi connectivity index (χ1) is 9.81. The van der Waals surface area contributed by atoms with E-state index in [-0.39, 0.29) is 34.9 Å². The monoisotopic (exact) mass is 335 g/mol. The SMILES string of the molecule is CC(=O)SCC1CC(=O)N([C@@H](CSCC(=O)O)C(=O)O)C1. The first-order valence-electron chi connectivity index (χ1n) is 6.26. The Morgan fingerprint density at radius 1 is 1.38 bits per heavy atom. The van der Waals surface area contributed by atoms with Gasteiger partial charge in [0.1, 0.15) is 6.04 Å². The van der Waals surface area contributed by atoms with Gasteiger partial charge in [-0.05, 0) is 5.92 Å². The van der Waals surface area contributed by atoms with Crippen LogP contribution >= 0.6 is 23.5 Å². The first-order valence-corrected chi connectivity index (χ1v) is 8.40. The third-order valence-corrected chi connectivity index (χ3v) is 4.97. The number of aliphatic carboxylic acids is 2. The van der Waals surface area contributed by atoms with Crippen molar-refractivity contribution in [3.05, 3.63) is 0 Å². The molecule has 9 heteroatoms. The molecule has 7 nitrogen and oxygen atoms in total. The van der Waals surface area contributed by atoms with Crippen molar-refractivity contribution in [3.8, 4) is 0 Å². The lowest BCUT2D eigenvalue weighted by Crippen LogP contribution is -2.44. The fraction of sp³-hybridized carbons (Fsp3) is 0.667. The van der Waals surface area contributed by atoms with Gasteiger partial charge in [-0.25, -0.2) is 4.79 Å². The fourth-order valence-corrected chi connectivity index (χ4v) is 3.54. The third kappa shape index (κ3) is 5.96. The van der Waals surface area contributed by atoms with Gasteiger partial charge in [-0.3, -0.25) is 14.4 Å². The average molecular weight is 335 g/mol. The standard InChI is InChI=1S/C12H17NO6S2/c1-7(14)21-4-8-2-10(15)13(3-8)9(12(18)19)5-20-6-11(16)17/h8-9H,2-6H2,1H3,(H,16,17)(H,18,19)/t8?,9-/m0/s1. The Balaban J connectivity index is 2.58. The lowest BCUT2D eigenvalue weighted by Gasteiger charge is -2.24. The highest BCUT2D eigenvalue weighted by Crippen LogP contribution is 2.25. The number of carboxylic acids is 2. The molecule has 1 fully saturated rings. The summed E-state index contributed by atoms with van der Waals surface area (Å²) in [6, 6.07) is -1.02. The van der Waals surface area contributed by atoms with E-state index < -0.39 is 18.0 Å². The number of carbonyl (C=O) groups is 4. The van der Waals surface area contributed by atoms with Crippen LogP contribution in [0.5, 0.6) is 0 Å². The molecule has 1 aliphatic heterocycles. The zero-order chi connectivity index (χ0) is 16.0. The Hall–Kier alpha value is -1.22. The Morgan fingerprint density at radius 2 is 2.05 bits per heavy atom. The van der Waals surface area contributed by atoms with E-state index in [1.807, 2.05) is 0 Å². The smallest absolute Gasteiger partial charge is 0.327 e. The normalized spacial score (nSPS) is 19.6. The van der Waals surface area contributed by atoms with Crippen molar-refractivity contribution in [1.29, 1.82) is 0 Å². The first kappa shape index (κ1) is 17.8. The summed E-state index contributed by atoms with van der Waals surface area (Å²) in [7, 11) is 0. The fourth-order valence-electron chi connectivity index (χ4n) is 2.01. The number of carbonyl (C=O) groups excluding carboxylic acids is 2. The second kappa shape index (κ2) is 8.28. The second-order valence-electron chi connectivity index (χ2n) is 4.68. The summed E-state index contributed by atoms with van der Waals surface area (Å²) in [5.41, 5.74) is 0. The van der Waals surface area contributed by atoms with Crippen LogP contribution < -0.4 is 0 Å². The van der Waals surface area contributed by atoms with Gasteiger partial charge >= 0.3 is 11.9 Å². The summed E-state index contributed by atoms with van der Waals surface area (Å²) in [4.78, 5) is 45.8. The molecule has 118 valence electrons.